The molecule has 3 atom stereocenters. The highest BCUT2D eigenvalue weighted by Crippen LogP contribution is 2.50. The van der Waals surface area contributed by atoms with Gasteiger partial charge in [0.2, 0.25) is 0 Å². The standard InChI is InChI=1S/C23H28N4O2S/c1-3-29-20-14-17(26-10-12-28-13-11-26)7-8-18(20)22-21(19-6-4-5-9-24-19)25-23-27(22)15-16(2)30-23/h4-9,14,16,21-22H,3,10-13,15H2,1-2H3/t16-,21-,22-/m0/s1. The Labute approximate surface area is 182 Å². The van der Waals surface area contributed by atoms with Crippen LogP contribution in [-0.4, -0.2) is 59.8 Å². The highest BCUT2D eigenvalue weighted by Gasteiger charge is 2.44. The summed E-state index contributed by atoms with van der Waals surface area (Å²) < 4.78 is 11.7. The van der Waals surface area contributed by atoms with Gasteiger partial charge in [-0.2, -0.15) is 0 Å². The Morgan fingerprint density at radius 1 is 1.20 bits per heavy atom. The van der Waals surface area contributed by atoms with E-state index in [1.54, 1.807) is 0 Å². The molecule has 2 aromatic rings. The van der Waals surface area contributed by atoms with Crippen LogP contribution in [0, 0.1) is 0 Å². The molecule has 158 valence electrons. The average molecular weight is 425 g/mol. The molecule has 0 amide bonds. The lowest BCUT2D eigenvalue weighted by atomic mass is 9.95. The number of fused-ring (bicyclic) bond motifs is 1. The van der Waals surface area contributed by atoms with Gasteiger partial charge in [0.15, 0.2) is 5.17 Å². The lowest BCUT2D eigenvalue weighted by Crippen LogP contribution is -2.36. The van der Waals surface area contributed by atoms with Crippen molar-refractivity contribution in [1.82, 2.24) is 9.88 Å². The van der Waals surface area contributed by atoms with Gasteiger partial charge in [-0.1, -0.05) is 30.8 Å². The van der Waals surface area contributed by atoms with Gasteiger partial charge < -0.3 is 19.3 Å². The highest BCUT2D eigenvalue weighted by atomic mass is 32.2. The molecule has 1 aromatic heterocycles. The monoisotopic (exact) mass is 424 g/mol. The Bertz CT molecular complexity index is 917. The maximum absolute atomic E-state index is 6.18. The second-order valence-electron chi connectivity index (χ2n) is 7.89. The number of nitrogens with zero attached hydrogens (tertiary/aromatic N) is 4. The Balaban J connectivity index is 1.54. The van der Waals surface area contributed by atoms with Crippen molar-refractivity contribution < 1.29 is 9.47 Å². The topological polar surface area (TPSA) is 50.2 Å². The number of thioether (sulfide) groups is 1. The van der Waals surface area contributed by atoms with Crippen molar-refractivity contribution in [1.29, 1.82) is 0 Å². The number of benzene rings is 1. The second-order valence-corrected chi connectivity index (χ2v) is 9.30. The highest BCUT2D eigenvalue weighted by molar-refractivity contribution is 8.14. The van der Waals surface area contributed by atoms with E-state index in [1.165, 1.54) is 11.3 Å². The van der Waals surface area contributed by atoms with E-state index in [1.807, 2.05) is 37.0 Å². The number of hydrogen-bond acceptors (Lipinski definition) is 7. The molecule has 6 nitrogen and oxygen atoms in total. The van der Waals surface area contributed by atoms with Gasteiger partial charge in [0.25, 0.3) is 0 Å². The first-order chi connectivity index (χ1) is 14.7. The summed E-state index contributed by atoms with van der Waals surface area (Å²) in [6, 6.07) is 12.8. The predicted molar refractivity (Wildman–Crippen MR) is 122 cm³/mol. The minimum absolute atomic E-state index is 0.0188. The quantitative estimate of drug-likeness (QED) is 0.726. The fourth-order valence-corrected chi connectivity index (χ4v) is 5.61. The van der Waals surface area contributed by atoms with E-state index in [4.69, 9.17) is 14.5 Å². The van der Waals surface area contributed by atoms with Crippen LogP contribution in [0.15, 0.2) is 47.6 Å². The molecule has 0 unspecified atom stereocenters. The summed E-state index contributed by atoms with van der Waals surface area (Å²) in [4.78, 5) is 14.6. The second kappa shape index (κ2) is 8.47. The molecule has 0 spiro atoms. The number of hydrogen-bond donors (Lipinski definition) is 0. The number of ether oxygens (including phenoxy) is 2. The third-order valence-electron chi connectivity index (χ3n) is 5.87. The van der Waals surface area contributed by atoms with E-state index < -0.39 is 0 Å². The van der Waals surface area contributed by atoms with Crippen LogP contribution in [0.25, 0.3) is 0 Å². The Hall–Kier alpha value is -2.25. The molecule has 1 aromatic carbocycles. The normalized spacial score (nSPS) is 25.9. The van der Waals surface area contributed by atoms with Gasteiger partial charge in [-0.25, -0.2) is 0 Å². The lowest BCUT2D eigenvalue weighted by Gasteiger charge is -2.32. The van der Waals surface area contributed by atoms with Gasteiger partial charge in [0, 0.05) is 48.4 Å². The molecule has 0 bridgehead atoms. The molecule has 5 rings (SSSR count). The third kappa shape index (κ3) is 3.65. The van der Waals surface area contributed by atoms with Gasteiger partial charge in [-0.3, -0.25) is 9.98 Å². The molecule has 0 aliphatic carbocycles. The Morgan fingerprint density at radius 3 is 2.83 bits per heavy atom. The number of pyridine rings is 1. The van der Waals surface area contributed by atoms with Crippen molar-refractivity contribution >= 4 is 22.6 Å². The van der Waals surface area contributed by atoms with E-state index in [0.29, 0.717) is 11.9 Å². The number of amidine groups is 1. The third-order valence-corrected chi connectivity index (χ3v) is 6.98. The first-order valence-corrected chi connectivity index (χ1v) is 11.6. The summed E-state index contributed by atoms with van der Waals surface area (Å²) in [7, 11) is 0. The van der Waals surface area contributed by atoms with Crippen LogP contribution < -0.4 is 9.64 Å². The van der Waals surface area contributed by atoms with Crippen LogP contribution in [0.3, 0.4) is 0 Å². The number of aromatic nitrogens is 1. The summed E-state index contributed by atoms with van der Waals surface area (Å²) in [5, 5.41) is 1.67. The molecule has 2 saturated heterocycles. The van der Waals surface area contributed by atoms with E-state index >= 15 is 0 Å². The molecule has 3 aliphatic heterocycles. The fourth-order valence-electron chi connectivity index (χ4n) is 4.52. The van der Waals surface area contributed by atoms with Crippen molar-refractivity contribution in [3.05, 3.63) is 53.9 Å². The minimum atomic E-state index is -0.0188. The molecule has 0 saturated carbocycles. The van der Waals surface area contributed by atoms with Crippen LogP contribution in [0.2, 0.25) is 0 Å². The van der Waals surface area contributed by atoms with Crippen molar-refractivity contribution in [2.24, 2.45) is 4.99 Å². The number of rotatable bonds is 5. The van der Waals surface area contributed by atoms with Crippen LogP contribution in [0.1, 0.15) is 37.2 Å². The van der Waals surface area contributed by atoms with Crippen LogP contribution in [0.5, 0.6) is 5.75 Å². The first kappa shape index (κ1) is 19.7. The van der Waals surface area contributed by atoms with Gasteiger partial charge in [-0.15, -0.1) is 0 Å². The fraction of sp³-hybridized carbons (Fsp3) is 0.478. The zero-order chi connectivity index (χ0) is 20.5. The minimum Gasteiger partial charge on any atom is -0.493 e. The van der Waals surface area contributed by atoms with Crippen molar-refractivity contribution in [3.8, 4) is 5.75 Å². The maximum Gasteiger partial charge on any atom is 0.160 e. The Kier molecular flexibility index (Phi) is 5.56. The molecule has 7 heteroatoms. The lowest BCUT2D eigenvalue weighted by molar-refractivity contribution is 0.122. The van der Waals surface area contributed by atoms with E-state index in [9.17, 15) is 0 Å². The molecule has 4 heterocycles. The van der Waals surface area contributed by atoms with E-state index in [-0.39, 0.29) is 12.1 Å². The maximum atomic E-state index is 6.18. The number of morpholine rings is 1. The van der Waals surface area contributed by atoms with Crippen molar-refractivity contribution in [2.45, 2.75) is 31.2 Å². The summed E-state index contributed by atoms with van der Waals surface area (Å²) in [5.74, 6) is 0.952. The molecular formula is C23H28N4O2S. The SMILES string of the molecule is CCOc1cc(N2CCOCC2)ccc1[C@H]1[C@H](c2ccccn2)N=C2S[C@@H](C)CN21. The van der Waals surface area contributed by atoms with Crippen molar-refractivity contribution in [3.63, 3.8) is 0 Å². The molecule has 3 aliphatic rings. The van der Waals surface area contributed by atoms with Crippen molar-refractivity contribution in [2.75, 3.05) is 44.4 Å². The summed E-state index contributed by atoms with van der Waals surface area (Å²) in [6.45, 7) is 9.33. The average Bonchev–Trinajstić information content (AvgIpc) is 3.31. The van der Waals surface area contributed by atoms with E-state index in [2.05, 4.69) is 46.0 Å². The molecule has 2 fully saturated rings. The Morgan fingerprint density at radius 2 is 2.07 bits per heavy atom. The predicted octanol–water partition coefficient (Wildman–Crippen LogP) is 3.91. The smallest absolute Gasteiger partial charge is 0.160 e. The van der Waals surface area contributed by atoms with Gasteiger partial charge in [0.05, 0.1) is 31.6 Å². The first-order valence-electron chi connectivity index (χ1n) is 10.8. The molecule has 30 heavy (non-hydrogen) atoms. The van der Waals surface area contributed by atoms with Gasteiger partial charge >= 0.3 is 0 Å². The molecule has 0 radical (unpaired) electrons. The molecular weight excluding hydrogens is 396 g/mol. The zero-order valence-corrected chi connectivity index (χ0v) is 18.3. The van der Waals surface area contributed by atoms with Crippen LogP contribution in [-0.2, 0) is 4.74 Å². The van der Waals surface area contributed by atoms with Crippen LogP contribution in [0.4, 0.5) is 5.69 Å². The van der Waals surface area contributed by atoms with Gasteiger partial charge in [-0.05, 0) is 25.1 Å². The number of anilines is 1. The summed E-state index contributed by atoms with van der Waals surface area (Å²) in [6.07, 6.45) is 1.86. The van der Waals surface area contributed by atoms with Gasteiger partial charge in [0.1, 0.15) is 11.8 Å². The zero-order valence-electron chi connectivity index (χ0n) is 17.5. The largest absolute Gasteiger partial charge is 0.493 e. The molecule has 0 N–H and O–H groups in total. The number of aliphatic imine (C=N–C) groups is 1. The van der Waals surface area contributed by atoms with E-state index in [0.717, 1.165) is 49.5 Å². The van der Waals surface area contributed by atoms with Crippen LogP contribution >= 0.6 is 11.8 Å². The summed E-state index contributed by atoms with van der Waals surface area (Å²) >= 11 is 1.86. The summed E-state index contributed by atoms with van der Waals surface area (Å²) in [5.41, 5.74) is 3.40.